The van der Waals surface area contributed by atoms with Crippen molar-refractivity contribution in [3.63, 3.8) is 0 Å². The van der Waals surface area contributed by atoms with Gasteiger partial charge in [0.15, 0.2) is 24.9 Å². The van der Waals surface area contributed by atoms with Crippen LogP contribution in [0.25, 0.3) is 0 Å². The lowest BCUT2D eigenvalue weighted by Gasteiger charge is -2.26. The minimum absolute atomic E-state index is 0.278. The van der Waals surface area contributed by atoms with E-state index in [0.29, 0.717) is 18.6 Å². The van der Waals surface area contributed by atoms with Crippen molar-refractivity contribution < 1.29 is 37.7 Å². The molecular formula is C24H25FO7. The van der Waals surface area contributed by atoms with Crippen LogP contribution in [0.15, 0.2) is 60.7 Å². The predicted molar refractivity (Wildman–Crippen MR) is 111 cm³/mol. The van der Waals surface area contributed by atoms with Crippen molar-refractivity contribution in [2.24, 2.45) is 0 Å². The van der Waals surface area contributed by atoms with Crippen LogP contribution >= 0.6 is 0 Å². The largest absolute Gasteiger partial charge is 0.459 e. The van der Waals surface area contributed by atoms with Crippen LogP contribution in [-0.2, 0) is 23.7 Å². The van der Waals surface area contributed by atoms with Crippen molar-refractivity contribution in [3.8, 4) is 0 Å². The highest BCUT2D eigenvalue weighted by molar-refractivity contribution is 5.90. The quantitative estimate of drug-likeness (QED) is 0.603. The van der Waals surface area contributed by atoms with E-state index >= 15 is 4.39 Å². The molecule has 170 valence electrons. The number of ether oxygens (including phenoxy) is 5. The molecule has 2 aromatic carbocycles. The fourth-order valence-corrected chi connectivity index (χ4v) is 3.62. The average Bonchev–Trinajstić information content (AvgIpc) is 3.13. The molecule has 0 N–H and O–H groups in total. The number of carbonyl (C=O) groups excluding carboxylic acids is 2. The van der Waals surface area contributed by atoms with E-state index < -0.39 is 42.9 Å². The standard InChI is InChI=1S/C24H25FO7/c25-20-21(32-23(27)17-11-5-2-6-12-17)18(15-29-22(26)16-9-3-1-4-10-16)30-24(20)31-19-13-7-8-14-28-19/h1-6,9-12,18-21,24H,7-8,13-15H2/t18-,19?,20+,21-,24?/m1/s1. The third kappa shape index (κ3) is 5.51. The number of benzene rings is 2. The Morgan fingerprint density at radius 1 is 0.938 bits per heavy atom. The van der Waals surface area contributed by atoms with Gasteiger partial charge in [-0.1, -0.05) is 36.4 Å². The molecule has 2 heterocycles. The van der Waals surface area contributed by atoms with Gasteiger partial charge in [-0.25, -0.2) is 14.0 Å². The zero-order chi connectivity index (χ0) is 22.3. The van der Waals surface area contributed by atoms with E-state index in [1.54, 1.807) is 60.7 Å². The third-order valence-corrected chi connectivity index (χ3v) is 5.31. The molecule has 2 aliphatic heterocycles. The zero-order valence-electron chi connectivity index (χ0n) is 17.4. The molecule has 4 rings (SSSR count). The van der Waals surface area contributed by atoms with E-state index in [0.717, 1.165) is 12.8 Å². The van der Waals surface area contributed by atoms with Gasteiger partial charge < -0.3 is 23.7 Å². The number of carbonyl (C=O) groups is 2. The fraction of sp³-hybridized carbons (Fsp3) is 0.417. The monoisotopic (exact) mass is 444 g/mol. The maximum absolute atomic E-state index is 15.3. The van der Waals surface area contributed by atoms with E-state index in [-0.39, 0.29) is 12.2 Å². The van der Waals surface area contributed by atoms with E-state index in [2.05, 4.69) is 0 Å². The van der Waals surface area contributed by atoms with E-state index in [9.17, 15) is 9.59 Å². The summed E-state index contributed by atoms with van der Waals surface area (Å²) in [6.07, 6.45) is -3.56. The van der Waals surface area contributed by atoms with E-state index in [1.807, 2.05) is 0 Å². The fourth-order valence-electron chi connectivity index (χ4n) is 3.62. The van der Waals surface area contributed by atoms with Gasteiger partial charge in [-0.2, -0.15) is 0 Å². The van der Waals surface area contributed by atoms with Gasteiger partial charge in [-0.15, -0.1) is 0 Å². The first-order chi connectivity index (χ1) is 15.6. The lowest BCUT2D eigenvalue weighted by molar-refractivity contribution is -0.261. The second-order valence-corrected chi connectivity index (χ2v) is 7.62. The molecule has 2 aromatic rings. The Balaban J connectivity index is 1.44. The Hall–Kier alpha value is -2.81. The highest BCUT2D eigenvalue weighted by Crippen LogP contribution is 2.31. The highest BCUT2D eigenvalue weighted by atomic mass is 19.1. The van der Waals surface area contributed by atoms with Gasteiger partial charge in [0.2, 0.25) is 0 Å². The van der Waals surface area contributed by atoms with Gasteiger partial charge in [-0.05, 0) is 43.5 Å². The van der Waals surface area contributed by atoms with Crippen LogP contribution in [0.4, 0.5) is 4.39 Å². The van der Waals surface area contributed by atoms with Gasteiger partial charge in [0.1, 0.15) is 12.7 Å². The molecule has 2 saturated heterocycles. The molecular weight excluding hydrogens is 419 g/mol. The molecule has 2 fully saturated rings. The predicted octanol–water partition coefficient (Wildman–Crippen LogP) is 3.68. The second kappa shape index (κ2) is 10.7. The van der Waals surface area contributed by atoms with Crippen LogP contribution < -0.4 is 0 Å². The molecule has 2 unspecified atom stereocenters. The Morgan fingerprint density at radius 2 is 1.59 bits per heavy atom. The Labute approximate surface area is 185 Å². The maximum atomic E-state index is 15.3. The van der Waals surface area contributed by atoms with E-state index in [4.69, 9.17) is 23.7 Å². The molecule has 2 aliphatic rings. The maximum Gasteiger partial charge on any atom is 0.338 e. The first-order valence-electron chi connectivity index (χ1n) is 10.7. The second-order valence-electron chi connectivity index (χ2n) is 7.62. The summed E-state index contributed by atoms with van der Waals surface area (Å²) in [7, 11) is 0. The minimum Gasteiger partial charge on any atom is -0.459 e. The minimum atomic E-state index is -1.77. The molecule has 0 aliphatic carbocycles. The number of rotatable bonds is 7. The molecule has 0 aromatic heterocycles. The number of alkyl halides is 1. The van der Waals surface area contributed by atoms with Crippen molar-refractivity contribution in [2.75, 3.05) is 13.2 Å². The Bertz CT molecular complexity index is 886. The third-order valence-electron chi connectivity index (χ3n) is 5.31. The summed E-state index contributed by atoms with van der Waals surface area (Å²) in [4.78, 5) is 24.8. The average molecular weight is 444 g/mol. The molecule has 0 spiro atoms. The topological polar surface area (TPSA) is 80.3 Å². The van der Waals surface area contributed by atoms with Gasteiger partial charge in [0.05, 0.1) is 11.1 Å². The smallest absolute Gasteiger partial charge is 0.338 e. The van der Waals surface area contributed by atoms with Crippen molar-refractivity contribution in [3.05, 3.63) is 71.8 Å². The van der Waals surface area contributed by atoms with Crippen LogP contribution in [0.2, 0.25) is 0 Å². The lowest BCUT2D eigenvalue weighted by atomic mass is 10.1. The summed E-state index contributed by atoms with van der Waals surface area (Å²) in [5.41, 5.74) is 0.628. The molecule has 0 amide bonds. The molecule has 8 heteroatoms. The van der Waals surface area contributed by atoms with Crippen LogP contribution in [-0.4, -0.2) is 56.1 Å². The van der Waals surface area contributed by atoms with Crippen molar-refractivity contribution in [1.82, 2.24) is 0 Å². The first-order valence-corrected chi connectivity index (χ1v) is 10.7. The number of halogens is 1. The molecule has 0 bridgehead atoms. The van der Waals surface area contributed by atoms with Crippen molar-refractivity contribution in [1.29, 1.82) is 0 Å². The van der Waals surface area contributed by atoms with Crippen LogP contribution in [0.1, 0.15) is 40.0 Å². The van der Waals surface area contributed by atoms with Gasteiger partial charge >= 0.3 is 11.9 Å². The summed E-state index contributed by atoms with van der Waals surface area (Å²) < 4.78 is 42.8. The molecule has 0 saturated carbocycles. The van der Waals surface area contributed by atoms with Crippen LogP contribution in [0, 0.1) is 0 Å². The normalized spacial score (nSPS) is 27.6. The van der Waals surface area contributed by atoms with Crippen molar-refractivity contribution in [2.45, 2.75) is 50.2 Å². The summed E-state index contributed by atoms with van der Waals surface area (Å²) in [6.45, 7) is 0.227. The SMILES string of the molecule is O=C(OC[C@H]1OC(OC2CCCCO2)[C@@H](F)[C@@H]1OC(=O)c1ccccc1)c1ccccc1. The van der Waals surface area contributed by atoms with Gasteiger partial charge in [0, 0.05) is 6.61 Å². The zero-order valence-corrected chi connectivity index (χ0v) is 17.4. The summed E-state index contributed by atoms with van der Waals surface area (Å²) in [5.74, 6) is -1.28. The van der Waals surface area contributed by atoms with Gasteiger partial charge in [0.25, 0.3) is 0 Å². The van der Waals surface area contributed by atoms with Crippen LogP contribution in [0.5, 0.6) is 0 Å². The summed E-state index contributed by atoms with van der Waals surface area (Å²) >= 11 is 0. The molecule has 0 radical (unpaired) electrons. The lowest BCUT2D eigenvalue weighted by Crippen LogP contribution is -2.38. The first kappa shape index (κ1) is 22.4. The molecule has 32 heavy (non-hydrogen) atoms. The Kier molecular flexibility index (Phi) is 7.47. The number of hydrogen-bond acceptors (Lipinski definition) is 7. The summed E-state index contributed by atoms with van der Waals surface area (Å²) in [6, 6.07) is 16.7. The molecule has 7 nitrogen and oxygen atoms in total. The highest BCUT2D eigenvalue weighted by Gasteiger charge is 2.50. The molecule has 5 atom stereocenters. The van der Waals surface area contributed by atoms with E-state index in [1.165, 1.54) is 0 Å². The number of hydrogen-bond donors (Lipinski definition) is 0. The van der Waals surface area contributed by atoms with Crippen molar-refractivity contribution >= 4 is 11.9 Å². The van der Waals surface area contributed by atoms with Crippen LogP contribution in [0.3, 0.4) is 0 Å². The number of esters is 2. The summed E-state index contributed by atoms with van der Waals surface area (Å²) in [5, 5.41) is 0. The Morgan fingerprint density at radius 3 is 2.22 bits per heavy atom. The van der Waals surface area contributed by atoms with Gasteiger partial charge in [-0.3, -0.25) is 0 Å².